The molecule has 1 saturated heterocycles. The largest absolute Gasteiger partial charge is 0.352 e. The summed E-state index contributed by atoms with van der Waals surface area (Å²) in [6.45, 7) is 2.65. The Morgan fingerprint density at radius 3 is 3.11 bits per heavy atom. The second kappa shape index (κ2) is 7.70. The van der Waals surface area contributed by atoms with E-state index in [1.165, 1.54) is 11.3 Å². The first-order valence-corrected chi connectivity index (χ1v) is 9.55. The van der Waals surface area contributed by atoms with Crippen LogP contribution >= 0.6 is 11.3 Å². The normalized spacial score (nSPS) is 16.2. The number of nitrogens with one attached hydrogen (secondary N) is 3. The van der Waals surface area contributed by atoms with Crippen LogP contribution in [0, 0.1) is 17.2 Å². The fourth-order valence-electron chi connectivity index (χ4n) is 3.03. The van der Waals surface area contributed by atoms with E-state index in [2.05, 4.69) is 32.0 Å². The Balaban J connectivity index is 1.45. The van der Waals surface area contributed by atoms with Crippen LogP contribution in [0.2, 0.25) is 0 Å². The maximum atomic E-state index is 12.4. The van der Waals surface area contributed by atoms with E-state index < -0.39 is 0 Å². The number of rotatable bonds is 5. The molecule has 0 radical (unpaired) electrons. The molecule has 2 aromatic heterocycles. The van der Waals surface area contributed by atoms with Gasteiger partial charge in [-0.1, -0.05) is 11.3 Å². The third-order valence-electron chi connectivity index (χ3n) is 4.49. The van der Waals surface area contributed by atoms with E-state index in [1.807, 2.05) is 12.1 Å². The monoisotopic (exact) mass is 378 g/mol. The molecule has 3 heterocycles. The Labute approximate surface area is 160 Å². The highest BCUT2D eigenvalue weighted by Crippen LogP contribution is 2.28. The summed E-state index contributed by atoms with van der Waals surface area (Å²) >= 11 is 1.44. The maximum Gasteiger partial charge on any atom is 0.251 e. The van der Waals surface area contributed by atoms with Crippen LogP contribution in [0.25, 0.3) is 10.2 Å². The minimum Gasteiger partial charge on any atom is -0.352 e. The number of carbonyl (C=O) groups is 1. The number of hydrogen-bond donors (Lipinski definition) is 3. The van der Waals surface area contributed by atoms with Gasteiger partial charge in [0.1, 0.15) is 5.82 Å². The van der Waals surface area contributed by atoms with Gasteiger partial charge in [0.25, 0.3) is 5.91 Å². The van der Waals surface area contributed by atoms with Crippen molar-refractivity contribution in [1.29, 1.82) is 5.26 Å². The van der Waals surface area contributed by atoms with Gasteiger partial charge in [-0.25, -0.2) is 9.97 Å². The van der Waals surface area contributed by atoms with Gasteiger partial charge in [-0.05, 0) is 55.8 Å². The van der Waals surface area contributed by atoms with Crippen molar-refractivity contribution < 1.29 is 4.79 Å². The summed E-state index contributed by atoms with van der Waals surface area (Å²) in [6.07, 6.45) is 2.70. The average molecular weight is 378 g/mol. The molecule has 0 spiro atoms. The molecular weight excluding hydrogens is 360 g/mol. The summed E-state index contributed by atoms with van der Waals surface area (Å²) in [5, 5.41) is 19.1. The van der Waals surface area contributed by atoms with Crippen LogP contribution in [0.5, 0.6) is 0 Å². The van der Waals surface area contributed by atoms with Crippen LogP contribution in [-0.2, 0) is 0 Å². The summed E-state index contributed by atoms with van der Waals surface area (Å²) < 4.78 is 0.927. The molecule has 3 N–H and O–H groups in total. The smallest absolute Gasteiger partial charge is 0.251 e. The molecule has 0 saturated carbocycles. The van der Waals surface area contributed by atoms with E-state index in [0.29, 0.717) is 34.5 Å². The molecule has 0 bridgehead atoms. The average Bonchev–Trinajstić information content (AvgIpc) is 3.34. The fraction of sp³-hybridized carbons (Fsp3) is 0.263. The lowest BCUT2D eigenvalue weighted by Crippen LogP contribution is -2.30. The van der Waals surface area contributed by atoms with Gasteiger partial charge in [-0.3, -0.25) is 4.79 Å². The van der Waals surface area contributed by atoms with Crippen molar-refractivity contribution in [3.05, 3.63) is 47.7 Å². The number of carbonyl (C=O) groups excluding carboxylic acids is 1. The van der Waals surface area contributed by atoms with E-state index in [1.54, 1.807) is 24.4 Å². The van der Waals surface area contributed by atoms with E-state index >= 15 is 0 Å². The first kappa shape index (κ1) is 17.4. The second-order valence-electron chi connectivity index (χ2n) is 6.44. The van der Waals surface area contributed by atoms with Crippen LogP contribution in [-0.4, -0.2) is 35.5 Å². The predicted octanol–water partition coefficient (Wildman–Crippen LogP) is 2.65. The molecule has 7 nitrogen and oxygen atoms in total. The minimum absolute atomic E-state index is 0.102. The van der Waals surface area contributed by atoms with E-state index in [4.69, 9.17) is 5.26 Å². The van der Waals surface area contributed by atoms with Gasteiger partial charge in [0.05, 0.1) is 21.8 Å². The topological polar surface area (TPSA) is 103 Å². The molecule has 3 aromatic rings. The zero-order valence-corrected chi connectivity index (χ0v) is 15.3. The lowest BCUT2D eigenvalue weighted by Gasteiger charge is -2.10. The van der Waals surface area contributed by atoms with Crippen molar-refractivity contribution in [3.8, 4) is 6.07 Å². The number of pyridine rings is 1. The van der Waals surface area contributed by atoms with Gasteiger partial charge in [-0.15, -0.1) is 0 Å². The van der Waals surface area contributed by atoms with Gasteiger partial charge in [0, 0.05) is 18.3 Å². The van der Waals surface area contributed by atoms with Crippen LogP contribution in [0.3, 0.4) is 0 Å². The van der Waals surface area contributed by atoms with Crippen molar-refractivity contribution in [2.24, 2.45) is 5.92 Å². The van der Waals surface area contributed by atoms with Crippen molar-refractivity contribution in [1.82, 2.24) is 20.6 Å². The molecule has 136 valence electrons. The zero-order valence-electron chi connectivity index (χ0n) is 14.5. The third-order valence-corrected chi connectivity index (χ3v) is 5.42. The molecule has 1 aliphatic rings. The molecule has 4 rings (SSSR count). The highest BCUT2D eigenvalue weighted by atomic mass is 32.1. The summed E-state index contributed by atoms with van der Waals surface area (Å²) in [4.78, 5) is 21.2. The Morgan fingerprint density at radius 1 is 1.37 bits per heavy atom. The van der Waals surface area contributed by atoms with Crippen LogP contribution in [0.4, 0.5) is 10.9 Å². The van der Waals surface area contributed by atoms with Crippen LogP contribution in [0.1, 0.15) is 22.3 Å². The van der Waals surface area contributed by atoms with Gasteiger partial charge in [0.2, 0.25) is 0 Å². The highest BCUT2D eigenvalue weighted by molar-refractivity contribution is 7.22. The number of amides is 1. The Bertz CT molecular complexity index is 1020. The summed E-state index contributed by atoms with van der Waals surface area (Å²) in [5.74, 6) is 0.953. The van der Waals surface area contributed by atoms with Gasteiger partial charge in [0.15, 0.2) is 5.13 Å². The number of fused-ring (bicyclic) bond motifs is 1. The Hall–Kier alpha value is -3.02. The number of benzene rings is 1. The molecule has 1 unspecified atom stereocenters. The van der Waals surface area contributed by atoms with Crippen molar-refractivity contribution in [3.63, 3.8) is 0 Å². The first-order chi connectivity index (χ1) is 13.2. The molecule has 8 heteroatoms. The number of nitriles is 1. The number of hydrogen-bond acceptors (Lipinski definition) is 7. The Kier molecular flexibility index (Phi) is 4.96. The maximum absolute atomic E-state index is 12.4. The Morgan fingerprint density at radius 2 is 2.30 bits per heavy atom. The standard InChI is InChI=1S/C19H18N6OS/c20-9-12-1-2-15-16(7-12)27-19(24-15)25-17-8-14(4-6-22-17)18(26)23-11-13-3-5-21-10-13/h1-2,4,6-8,13,21H,3,5,10-11H2,(H,23,26)(H,22,24,25). The quantitative estimate of drug-likeness (QED) is 0.631. The number of aromatic nitrogens is 2. The number of nitrogens with zero attached hydrogens (tertiary/aromatic N) is 3. The van der Waals surface area contributed by atoms with Crippen molar-refractivity contribution >= 4 is 38.4 Å². The number of thiazole rings is 1. The first-order valence-electron chi connectivity index (χ1n) is 8.74. The van der Waals surface area contributed by atoms with Gasteiger partial charge in [-0.2, -0.15) is 5.26 Å². The molecule has 1 fully saturated rings. The van der Waals surface area contributed by atoms with Crippen LogP contribution in [0.15, 0.2) is 36.5 Å². The van der Waals surface area contributed by atoms with E-state index in [0.717, 1.165) is 29.7 Å². The summed E-state index contributed by atoms with van der Waals surface area (Å²) in [7, 11) is 0. The molecule has 1 atom stereocenters. The predicted molar refractivity (Wildman–Crippen MR) is 105 cm³/mol. The zero-order chi connectivity index (χ0) is 18.6. The molecule has 1 aromatic carbocycles. The van der Waals surface area contributed by atoms with Gasteiger partial charge >= 0.3 is 0 Å². The molecule has 27 heavy (non-hydrogen) atoms. The van der Waals surface area contributed by atoms with Gasteiger partial charge < -0.3 is 16.0 Å². The van der Waals surface area contributed by atoms with Crippen molar-refractivity contribution in [2.45, 2.75) is 6.42 Å². The summed E-state index contributed by atoms with van der Waals surface area (Å²) in [6, 6.07) is 10.9. The highest BCUT2D eigenvalue weighted by Gasteiger charge is 2.16. The summed E-state index contributed by atoms with van der Waals surface area (Å²) in [5.41, 5.74) is 1.99. The molecule has 1 amide bonds. The molecule has 0 aliphatic carbocycles. The second-order valence-corrected chi connectivity index (χ2v) is 7.47. The molecule has 1 aliphatic heterocycles. The minimum atomic E-state index is -0.102. The SMILES string of the molecule is N#Cc1ccc2nc(Nc3cc(C(=O)NCC4CCNC4)ccn3)sc2c1. The number of anilines is 2. The third kappa shape index (κ3) is 4.05. The lowest BCUT2D eigenvalue weighted by molar-refractivity contribution is 0.0948. The molecular formula is C19H18N6OS. The van der Waals surface area contributed by atoms with E-state index in [-0.39, 0.29) is 5.91 Å². The lowest BCUT2D eigenvalue weighted by atomic mass is 10.1. The van der Waals surface area contributed by atoms with Crippen LogP contribution < -0.4 is 16.0 Å². The van der Waals surface area contributed by atoms with Crippen molar-refractivity contribution in [2.75, 3.05) is 25.0 Å². The van der Waals surface area contributed by atoms with E-state index in [9.17, 15) is 4.79 Å². The fourth-order valence-corrected chi connectivity index (χ4v) is 3.94.